The zero-order chi connectivity index (χ0) is 28.3. The number of pyridine rings is 1. The maximum Gasteiger partial charge on any atom is 0.256 e. The molecule has 4 heterocycles. The van der Waals surface area contributed by atoms with Crippen molar-refractivity contribution in [1.82, 2.24) is 24.6 Å². The van der Waals surface area contributed by atoms with Gasteiger partial charge in [-0.25, -0.2) is 4.39 Å². The van der Waals surface area contributed by atoms with Crippen LogP contribution in [0.1, 0.15) is 16.8 Å². The summed E-state index contributed by atoms with van der Waals surface area (Å²) in [6, 6.07) is 8.58. The molecule has 2 aromatic carbocycles. The minimum Gasteiger partial charge on any atom is -0.451 e. The van der Waals surface area contributed by atoms with Crippen LogP contribution in [0.25, 0.3) is 16.6 Å². The van der Waals surface area contributed by atoms with Crippen LogP contribution in [-0.4, -0.2) is 111 Å². The molecule has 2 saturated heterocycles. The van der Waals surface area contributed by atoms with E-state index in [1.165, 1.54) is 6.07 Å². The average molecular weight is 565 g/mol. The van der Waals surface area contributed by atoms with E-state index in [1.54, 1.807) is 16.8 Å². The summed E-state index contributed by atoms with van der Waals surface area (Å²) in [5.74, 6) is -0.282. The number of anilines is 1. The van der Waals surface area contributed by atoms with Crippen LogP contribution in [-0.2, 0) is 4.74 Å². The summed E-state index contributed by atoms with van der Waals surface area (Å²) in [7, 11) is 2.13. The molecule has 3 aliphatic rings. The second-order valence-corrected chi connectivity index (χ2v) is 10.9. The number of aromatic nitrogens is 1. The Balaban J connectivity index is 1.26. The number of carbonyl (C=O) groups is 1. The highest BCUT2D eigenvalue weighted by Gasteiger charge is 2.28. The Labute approximate surface area is 238 Å². The number of nitrogens with zero attached hydrogens (tertiary/aromatic N) is 4. The van der Waals surface area contributed by atoms with Gasteiger partial charge in [-0.1, -0.05) is 12.1 Å². The third-order valence-electron chi connectivity index (χ3n) is 8.14. The van der Waals surface area contributed by atoms with Gasteiger partial charge >= 0.3 is 0 Å². The number of likely N-dealkylation sites (N-methyl/N-ethyl adjacent to an activating group) is 1. The number of carbonyl (C=O) groups excluding carboxylic acids is 1. The van der Waals surface area contributed by atoms with Crippen LogP contribution in [0, 0.1) is 5.82 Å². The maximum absolute atomic E-state index is 15.6. The predicted molar refractivity (Wildman–Crippen MR) is 156 cm³/mol. The smallest absolute Gasteiger partial charge is 0.256 e. The van der Waals surface area contributed by atoms with Crippen molar-refractivity contribution in [2.24, 2.45) is 0 Å². The molecular formula is C30H37FN6O4. The predicted octanol–water partition coefficient (Wildman–Crippen LogP) is 2.35. The Hall–Kier alpha value is -3.51. The van der Waals surface area contributed by atoms with Crippen LogP contribution in [0.5, 0.6) is 11.5 Å². The van der Waals surface area contributed by atoms with Crippen LogP contribution in [0.2, 0.25) is 0 Å². The van der Waals surface area contributed by atoms with Crippen LogP contribution < -0.4 is 20.8 Å². The van der Waals surface area contributed by atoms with Crippen LogP contribution in [0.15, 0.2) is 41.3 Å². The third-order valence-corrected chi connectivity index (χ3v) is 8.14. The van der Waals surface area contributed by atoms with Gasteiger partial charge in [0.1, 0.15) is 16.8 Å². The zero-order valence-corrected chi connectivity index (χ0v) is 23.5. The molecule has 1 amide bonds. The lowest BCUT2D eigenvalue weighted by Gasteiger charge is -2.32. The summed E-state index contributed by atoms with van der Waals surface area (Å²) < 4.78 is 29.0. The lowest BCUT2D eigenvalue weighted by Crippen LogP contribution is -2.44. The monoisotopic (exact) mass is 564 g/mol. The number of nitrogens with one attached hydrogen (secondary N) is 2. The minimum atomic E-state index is -0.583. The van der Waals surface area contributed by atoms with E-state index in [0.29, 0.717) is 49.8 Å². The highest BCUT2D eigenvalue weighted by atomic mass is 19.1. The molecule has 10 nitrogen and oxygen atoms in total. The molecule has 3 aromatic rings. The minimum absolute atomic E-state index is 0.0329. The van der Waals surface area contributed by atoms with Crippen molar-refractivity contribution in [2.75, 3.05) is 91.0 Å². The number of hydrogen-bond acceptors (Lipinski definition) is 8. The van der Waals surface area contributed by atoms with Crippen molar-refractivity contribution >= 4 is 22.5 Å². The number of ether oxygens (including phenoxy) is 2. The van der Waals surface area contributed by atoms with E-state index in [9.17, 15) is 9.59 Å². The van der Waals surface area contributed by atoms with Gasteiger partial charge in [-0.2, -0.15) is 0 Å². The van der Waals surface area contributed by atoms with Crippen molar-refractivity contribution in [3.8, 4) is 17.2 Å². The summed E-state index contributed by atoms with van der Waals surface area (Å²) in [5.41, 5.74) is 0.794. The number of fused-ring (bicyclic) bond motifs is 2. The highest BCUT2D eigenvalue weighted by molar-refractivity contribution is 6.01. The largest absolute Gasteiger partial charge is 0.451 e. The number of piperazine rings is 1. The lowest BCUT2D eigenvalue weighted by molar-refractivity contribution is 0.0383. The fraction of sp³-hybridized carbons (Fsp3) is 0.467. The number of para-hydroxylation sites is 2. The second kappa shape index (κ2) is 12.2. The van der Waals surface area contributed by atoms with Gasteiger partial charge in [0.25, 0.3) is 5.91 Å². The lowest BCUT2D eigenvalue weighted by atomic mass is 10.1. The van der Waals surface area contributed by atoms with Crippen molar-refractivity contribution in [3.63, 3.8) is 0 Å². The van der Waals surface area contributed by atoms with E-state index in [-0.39, 0.29) is 22.4 Å². The first-order valence-corrected chi connectivity index (χ1v) is 14.4. The number of benzene rings is 2. The van der Waals surface area contributed by atoms with E-state index in [4.69, 9.17) is 9.47 Å². The molecule has 41 heavy (non-hydrogen) atoms. The average Bonchev–Trinajstić information content (AvgIpc) is 2.99. The van der Waals surface area contributed by atoms with E-state index < -0.39 is 17.2 Å². The molecule has 6 rings (SSSR count). The standard InChI is InChI=1S/C30H37FN6O4/c1-34-11-13-35(14-12-34)9-4-7-32-26-23(31)19-21-27-29(26)41-25-6-3-2-5-24(25)37(27)20-22(28(21)38)30(39)33-8-10-36-15-17-40-18-16-36/h2-3,5-6,19-20,32H,4,7-18H2,1H3,(H,33,39). The van der Waals surface area contributed by atoms with Gasteiger partial charge in [-0.3, -0.25) is 14.5 Å². The number of rotatable bonds is 9. The number of amides is 1. The molecule has 1 aromatic heterocycles. The summed E-state index contributed by atoms with van der Waals surface area (Å²) in [5, 5.41) is 6.21. The van der Waals surface area contributed by atoms with Crippen LogP contribution in [0.3, 0.4) is 0 Å². The number of morpholine rings is 1. The van der Waals surface area contributed by atoms with E-state index >= 15 is 4.39 Å². The van der Waals surface area contributed by atoms with Gasteiger partial charge in [0.15, 0.2) is 17.3 Å². The fourth-order valence-electron chi connectivity index (χ4n) is 5.73. The molecule has 0 unspecified atom stereocenters. The molecule has 11 heteroatoms. The SMILES string of the molecule is CN1CCN(CCCNc2c(F)cc3c(=O)c(C(=O)NCCN4CCOCC4)cn4c3c2Oc2ccccc2-4)CC1. The topological polar surface area (TPSA) is 91.3 Å². The van der Waals surface area contributed by atoms with Crippen molar-refractivity contribution < 1.29 is 18.7 Å². The second-order valence-electron chi connectivity index (χ2n) is 10.9. The molecule has 0 aliphatic carbocycles. The summed E-state index contributed by atoms with van der Waals surface area (Å²) in [6.07, 6.45) is 2.39. The molecule has 218 valence electrons. The quantitative estimate of drug-likeness (QED) is 0.300. The summed E-state index contributed by atoms with van der Waals surface area (Å²) in [6.45, 7) is 9.66. The summed E-state index contributed by atoms with van der Waals surface area (Å²) in [4.78, 5) is 33.7. The summed E-state index contributed by atoms with van der Waals surface area (Å²) >= 11 is 0. The Morgan fingerprint density at radius 2 is 1.76 bits per heavy atom. The maximum atomic E-state index is 15.6. The number of halogens is 1. The van der Waals surface area contributed by atoms with E-state index in [2.05, 4.69) is 32.4 Å². The van der Waals surface area contributed by atoms with Gasteiger partial charge in [0, 0.05) is 65.1 Å². The van der Waals surface area contributed by atoms with E-state index in [1.807, 2.05) is 18.2 Å². The zero-order valence-electron chi connectivity index (χ0n) is 23.5. The molecule has 3 aliphatic heterocycles. The number of hydrogen-bond donors (Lipinski definition) is 2. The molecule has 0 radical (unpaired) electrons. The molecular weight excluding hydrogens is 527 g/mol. The molecule has 0 atom stereocenters. The van der Waals surface area contributed by atoms with Gasteiger partial charge in [-0.15, -0.1) is 0 Å². The van der Waals surface area contributed by atoms with Gasteiger partial charge < -0.3 is 34.5 Å². The fourth-order valence-corrected chi connectivity index (χ4v) is 5.73. The van der Waals surface area contributed by atoms with Crippen LogP contribution in [0.4, 0.5) is 10.1 Å². The molecule has 2 fully saturated rings. The first kappa shape index (κ1) is 27.6. The Kier molecular flexibility index (Phi) is 8.20. The van der Waals surface area contributed by atoms with Crippen molar-refractivity contribution in [1.29, 1.82) is 0 Å². The van der Waals surface area contributed by atoms with Crippen molar-refractivity contribution in [3.05, 3.63) is 58.1 Å². The molecule has 0 spiro atoms. The van der Waals surface area contributed by atoms with Crippen LogP contribution >= 0.6 is 0 Å². The highest BCUT2D eigenvalue weighted by Crippen LogP contribution is 2.45. The first-order valence-electron chi connectivity index (χ1n) is 14.4. The Bertz CT molecular complexity index is 1480. The van der Waals surface area contributed by atoms with E-state index in [0.717, 1.165) is 52.2 Å². The molecule has 0 bridgehead atoms. The molecule has 0 saturated carbocycles. The Morgan fingerprint density at radius 3 is 2.56 bits per heavy atom. The third kappa shape index (κ3) is 5.80. The normalized spacial score (nSPS) is 17.7. The molecule has 2 N–H and O–H groups in total. The van der Waals surface area contributed by atoms with Crippen molar-refractivity contribution in [2.45, 2.75) is 6.42 Å². The van der Waals surface area contributed by atoms with Gasteiger partial charge in [0.05, 0.1) is 24.3 Å². The van der Waals surface area contributed by atoms with Gasteiger partial charge in [-0.05, 0) is 38.2 Å². The first-order chi connectivity index (χ1) is 20.0. The Morgan fingerprint density at radius 1 is 1.00 bits per heavy atom. The van der Waals surface area contributed by atoms with Gasteiger partial charge in [0.2, 0.25) is 5.43 Å².